The zero-order valence-corrected chi connectivity index (χ0v) is 17.8. The van der Waals surface area contributed by atoms with Crippen LogP contribution in [0, 0.1) is 0 Å². The first kappa shape index (κ1) is 18.1. The van der Waals surface area contributed by atoms with Gasteiger partial charge in [-0.05, 0) is 60.5 Å². The van der Waals surface area contributed by atoms with Crippen molar-refractivity contribution in [2.75, 3.05) is 20.2 Å². The molecule has 0 unspecified atom stereocenters. The van der Waals surface area contributed by atoms with Gasteiger partial charge in [0.1, 0.15) is 6.73 Å². The molecule has 0 aromatic carbocycles. The Balaban J connectivity index is 1.86. The molecule has 3 rings (SSSR count). The van der Waals surface area contributed by atoms with Gasteiger partial charge in [0, 0.05) is 37.1 Å². The van der Waals surface area contributed by atoms with E-state index in [2.05, 4.69) is 69.2 Å². The Morgan fingerprint density at radius 3 is 2.79 bits per heavy atom. The summed E-state index contributed by atoms with van der Waals surface area (Å²) in [6.07, 6.45) is 4.35. The Kier molecular flexibility index (Phi) is 5.49. The van der Waals surface area contributed by atoms with Crippen LogP contribution < -0.4 is 0 Å². The van der Waals surface area contributed by atoms with Gasteiger partial charge in [0.05, 0.1) is 11.0 Å². The average Bonchev–Trinajstić information content (AvgIpc) is 3.06. The maximum Gasteiger partial charge on any atom is 0.123 e. The van der Waals surface area contributed by atoms with Crippen LogP contribution in [0.4, 0.5) is 0 Å². The van der Waals surface area contributed by atoms with Gasteiger partial charge in [-0.15, -0.1) is 0 Å². The highest BCUT2D eigenvalue weighted by Crippen LogP contribution is 2.34. The number of pyridine rings is 1. The summed E-state index contributed by atoms with van der Waals surface area (Å²) in [6.45, 7) is 9.80. The van der Waals surface area contributed by atoms with Gasteiger partial charge < -0.3 is 9.30 Å². The standard InChI is InChI=1S/C18H28BrN3OSi/c1-21-7-5-6-16(21)18-11-15-17(10-14(19)12-20-15)22(18)13-23-8-9-24(2,3)4/h10-12,16H,5-9,13H2,1-4H3/t16-/m1/s1. The Morgan fingerprint density at radius 2 is 2.12 bits per heavy atom. The third kappa shape index (κ3) is 4.10. The van der Waals surface area contributed by atoms with Crippen LogP contribution in [0.25, 0.3) is 11.0 Å². The van der Waals surface area contributed by atoms with Crippen LogP contribution in [0.5, 0.6) is 0 Å². The van der Waals surface area contributed by atoms with E-state index in [1.54, 1.807) is 0 Å². The van der Waals surface area contributed by atoms with Crippen molar-refractivity contribution in [1.29, 1.82) is 0 Å². The molecule has 24 heavy (non-hydrogen) atoms. The van der Waals surface area contributed by atoms with Gasteiger partial charge >= 0.3 is 0 Å². The zero-order chi connectivity index (χ0) is 17.3. The number of nitrogens with zero attached hydrogens (tertiary/aromatic N) is 3. The molecule has 1 aliphatic rings. The maximum absolute atomic E-state index is 6.07. The number of likely N-dealkylation sites (tertiary alicyclic amines) is 1. The molecule has 1 aliphatic heterocycles. The fourth-order valence-electron chi connectivity index (χ4n) is 3.36. The van der Waals surface area contributed by atoms with Crippen LogP contribution in [0.2, 0.25) is 25.7 Å². The second-order valence-corrected chi connectivity index (χ2v) is 14.6. The molecule has 0 bridgehead atoms. The molecule has 0 radical (unpaired) electrons. The molecular formula is C18H28BrN3OSi. The van der Waals surface area contributed by atoms with Crippen molar-refractivity contribution in [1.82, 2.24) is 14.5 Å². The van der Waals surface area contributed by atoms with Crippen LogP contribution in [-0.2, 0) is 11.5 Å². The van der Waals surface area contributed by atoms with E-state index >= 15 is 0 Å². The van der Waals surface area contributed by atoms with Gasteiger partial charge in [-0.25, -0.2) is 0 Å². The predicted molar refractivity (Wildman–Crippen MR) is 106 cm³/mol. The van der Waals surface area contributed by atoms with Gasteiger partial charge in [-0.1, -0.05) is 19.6 Å². The Labute approximate surface area is 154 Å². The molecule has 2 aromatic rings. The SMILES string of the molecule is CN1CCC[C@@H]1c1cc2ncc(Br)cc2n1COCC[Si](C)(C)C. The number of halogens is 1. The lowest BCUT2D eigenvalue weighted by molar-refractivity contribution is 0.0857. The molecular weight excluding hydrogens is 382 g/mol. The molecule has 6 heteroatoms. The Bertz CT molecular complexity index is 710. The molecule has 2 aromatic heterocycles. The smallest absolute Gasteiger partial charge is 0.123 e. The normalized spacial score (nSPS) is 19.5. The highest BCUT2D eigenvalue weighted by molar-refractivity contribution is 9.10. The van der Waals surface area contributed by atoms with Crippen LogP contribution in [0.3, 0.4) is 0 Å². The molecule has 1 atom stereocenters. The van der Waals surface area contributed by atoms with Crippen molar-refractivity contribution in [3.8, 4) is 0 Å². The Hall–Kier alpha value is -0.693. The average molecular weight is 410 g/mol. The van der Waals surface area contributed by atoms with Gasteiger partial charge in [-0.3, -0.25) is 9.88 Å². The number of ether oxygens (including phenoxy) is 1. The minimum Gasteiger partial charge on any atom is -0.361 e. The second kappa shape index (κ2) is 7.28. The van der Waals surface area contributed by atoms with E-state index in [1.807, 2.05) is 6.20 Å². The predicted octanol–water partition coefficient (Wildman–Crippen LogP) is 4.88. The summed E-state index contributed by atoms with van der Waals surface area (Å²) in [5, 5.41) is 0. The minimum absolute atomic E-state index is 0.471. The number of hydrogen-bond donors (Lipinski definition) is 0. The molecule has 132 valence electrons. The number of rotatable bonds is 6. The van der Waals surface area contributed by atoms with E-state index in [-0.39, 0.29) is 0 Å². The molecule has 0 amide bonds. The fourth-order valence-corrected chi connectivity index (χ4v) is 4.44. The molecule has 0 saturated carbocycles. The van der Waals surface area contributed by atoms with Crippen molar-refractivity contribution in [2.45, 2.75) is 51.3 Å². The van der Waals surface area contributed by atoms with Crippen molar-refractivity contribution < 1.29 is 4.74 Å². The molecule has 4 nitrogen and oxygen atoms in total. The quantitative estimate of drug-likeness (QED) is 0.502. The molecule has 1 saturated heterocycles. The number of fused-ring (bicyclic) bond motifs is 1. The first-order valence-electron chi connectivity index (χ1n) is 8.78. The third-order valence-corrected chi connectivity index (χ3v) is 6.97. The topological polar surface area (TPSA) is 30.3 Å². The summed E-state index contributed by atoms with van der Waals surface area (Å²) in [7, 11) is 1.16. The second-order valence-electron chi connectivity index (χ2n) is 8.04. The van der Waals surface area contributed by atoms with Crippen molar-refractivity contribution in [2.24, 2.45) is 0 Å². The molecule has 0 aliphatic carbocycles. The monoisotopic (exact) mass is 409 g/mol. The summed E-state index contributed by atoms with van der Waals surface area (Å²) in [5.41, 5.74) is 3.55. The lowest BCUT2D eigenvalue weighted by Gasteiger charge is -2.22. The van der Waals surface area contributed by atoms with Gasteiger partial charge in [0.2, 0.25) is 0 Å². The van der Waals surface area contributed by atoms with Gasteiger partial charge in [0.15, 0.2) is 0 Å². The zero-order valence-electron chi connectivity index (χ0n) is 15.2. The van der Waals surface area contributed by atoms with E-state index in [0.717, 1.165) is 22.1 Å². The largest absolute Gasteiger partial charge is 0.361 e. The Morgan fingerprint density at radius 1 is 1.33 bits per heavy atom. The van der Waals surface area contributed by atoms with Crippen LogP contribution in [-0.4, -0.2) is 42.7 Å². The highest BCUT2D eigenvalue weighted by Gasteiger charge is 2.27. The minimum atomic E-state index is -1.05. The summed E-state index contributed by atoms with van der Waals surface area (Å²) in [6, 6.07) is 6.07. The van der Waals surface area contributed by atoms with E-state index in [1.165, 1.54) is 31.1 Å². The lowest BCUT2D eigenvalue weighted by Crippen LogP contribution is -2.23. The lowest BCUT2D eigenvalue weighted by atomic mass is 10.1. The maximum atomic E-state index is 6.07. The summed E-state index contributed by atoms with van der Waals surface area (Å²) >= 11 is 3.56. The molecule has 0 N–H and O–H groups in total. The van der Waals surface area contributed by atoms with E-state index in [9.17, 15) is 0 Å². The molecule has 0 spiro atoms. The highest BCUT2D eigenvalue weighted by atomic mass is 79.9. The number of hydrogen-bond acceptors (Lipinski definition) is 3. The third-order valence-electron chi connectivity index (χ3n) is 4.83. The first-order valence-corrected chi connectivity index (χ1v) is 13.3. The van der Waals surface area contributed by atoms with Crippen molar-refractivity contribution in [3.05, 3.63) is 28.5 Å². The van der Waals surface area contributed by atoms with E-state index < -0.39 is 8.07 Å². The van der Waals surface area contributed by atoms with Crippen molar-refractivity contribution >= 4 is 35.0 Å². The van der Waals surface area contributed by atoms with Crippen LogP contribution in [0.15, 0.2) is 22.8 Å². The summed E-state index contributed by atoms with van der Waals surface area (Å²) in [5.74, 6) is 0. The summed E-state index contributed by atoms with van der Waals surface area (Å²) < 4.78 is 9.41. The fraction of sp³-hybridized carbons (Fsp3) is 0.611. The molecule has 1 fully saturated rings. The van der Waals surface area contributed by atoms with Crippen LogP contribution >= 0.6 is 15.9 Å². The molecule has 3 heterocycles. The first-order chi connectivity index (χ1) is 11.3. The van der Waals surface area contributed by atoms with E-state index in [0.29, 0.717) is 12.8 Å². The van der Waals surface area contributed by atoms with Crippen molar-refractivity contribution in [3.63, 3.8) is 0 Å². The van der Waals surface area contributed by atoms with Gasteiger partial charge in [-0.2, -0.15) is 0 Å². The number of aromatic nitrogens is 2. The van der Waals surface area contributed by atoms with Gasteiger partial charge in [0.25, 0.3) is 0 Å². The summed E-state index contributed by atoms with van der Waals surface area (Å²) in [4.78, 5) is 7.04. The van der Waals surface area contributed by atoms with E-state index in [4.69, 9.17) is 4.74 Å². The van der Waals surface area contributed by atoms with Crippen LogP contribution in [0.1, 0.15) is 24.6 Å².